The fraction of sp³-hybridized carbons (Fsp3) is 0.235. The van der Waals surface area contributed by atoms with Gasteiger partial charge >= 0.3 is 16.1 Å². The van der Waals surface area contributed by atoms with Crippen molar-refractivity contribution in [2.75, 3.05) is 6.61 Å². The molecule has 0 fully saturated rings. The SMILES string of the molecule is CCOC(=O)c1cccc(S(=O)(=O)Oc2cc(C)ccc2C)c1. The molecule has 0 aliphatic rings. The number of benzene rings is 2. The molecule has 2 aromatic carbocycles. The predicted molar refractivity (Wildman–Crippen MR) is 86.1 cm³/mol. The van der Waals surface area contributed by atoms with Gasteiger partial charge in [0, 0.05) is 0 Å². The highest BCUT2D eigenvalue weighted by molar-refractivity contribution is 7.87. The van der Waals surface area contributed by atoms with Crippen LogP contribution in [0.3, 0.4) is 0 Å². The van der Waals surface area contributed by atoms with Crippen LogP contribution >= 0.6 is 0 Å². The van der Waals surface area contributed by atoms with Crippen LogP contribution in [0.5, 0.6) is 5.75 Å². The Morgan fingerprint density at radius 2 is 1.83 bits per heavy atom. The molecule has 0 aromatic heterocycles. The van der Waals surface area contributed by atoms with Crippen LogP contribution in [0.2, 0.25) is 0 Å². The topological polar surface area (TPSA) is 69.7 Å². The van der Waals surface area contributed by atoms with E-state index in [2.05, 4.69) is 0 Å². The van der Waals surface area contributed by atoms with Gasteiger partial charge in [-0.05, 0) is 56.2 Å². The first kappa shape index (κ1) is 17.0. The van der Waals surface area contributed by atoms with E-state index >= 15 is 0 Å². The maximum Gasteiger partial charge on any atom is 0.339 e. The van der Waals surface area contributed by atoms with Crippen molar-refractivity contribution >= 4 is 16.1 Å². The molecule has 0 unspecified atom stereocenters. The smallest absolute Gasteiger partial charge is 0.339 e. The number of hydrogen-bond donors (Lipinski definition) is 0. The molecule has 0 radical (unpaired) electrons. The Hall–Kier alpha value is -2.34. The zero-order valence-electron chi connectivity index (χ0n) is 13.2. The fourth-order valence-corrected chi connectivity index (χ4v) is 2.99. The van der Waals surface area contributed by atoms with E-state index in [4.69, 9.17) is 8.92 Å². The zero-order chi connectivity index (χ0) is 17.0. The summed E-state index contributed by atoms with van der Waals surface area (Å²) in [6, 6.07) is 10.9. The number of ether oxygens (including phenoxy) is 1. The predicted octanol–water partition coefficient (Wildman–Crippen LogP) is 3.25. The lowest BCUT2D eigenvalue weighted by Crippen LogP contribution is -2.12. The molecule has 0 saturated heterocycles. The molecule has 0 saturated carbocycles. The average Bonchev–Trinajstić information content (AvgIpc) is 2.51. The largest absolute Gasteiger partial charge is 0.462 e. The molecular formula is C17H18O5S. The van der Waals surface area contributed by atoms with Gasteiger partial charge in [0.2, 0.25) is 0 Å². The summed E-state index contributed by atoms with van der Waals surface area (Å²) < 4.78 is 34.9. The van der Waals surface area contributed by atoms with E-state index in [-0.39, 0.29) is 22.8 Å². The van der Waals surface area contributed by atoms with E-state index in [0.29, 0.717) is 5.56 Å². The van der Waals surface area contributed by atoms with E-state index in [1.807, 2.05) is 13.0 Å². The minimum Gasteiger partial charge on any atom is -0.462 e. The lowest BCUT2D eigenvalue weighted by molar-refractivity contribution is 0.0526. The second kappa shape index (κ2) is 6.83. The van der Waals surface area contributed by atoms with E-state index in [9.17, 15) is 13.2 Å². The maximum absolute atomic E-state index is 12.4. The van der Waals surface area contributed by atoms with Gasteiger partial charge in [-0.3, -0.25) is 0 Å². The van der Waals surface area contributed by atoms with Crippen LogP contribution in [-0.2, 0) is 14.9 Å². The maximum atomic E-state index is 12.4. The van der Waals surface area contributed by atoms with Crippen molar-refractivity contribution in [3.05, 3.63) is 59.2 Å². The molecule has 0 spiro atoms. The third kappa shape index (κ3) is 4.10. The number of aryl methyl sites for hydroxylation is 2. The Kier molecular flexibility index (Phi) is 5.05. The minimum atomic E-state index is -4.03. The van der Waals surface area contributed by atoms with E-state index in [1.165, 1.54) is 24.3 Å². The van der Waals surface area contributed by atoms with Gasteiger partial charge in [-0.2, -0.15) is 8.42 Å². The molecule has 122 valence electrons. The van der Waals surface area contributed by atoms with Crippen molar-refractivity contribution in [1.82, 2.24) is 0 Å². The highest BCUT2D eigenvalue weighted by Gasteiger charge is 2.20. The summed E-state index contributed by atoms with van der Waals surface area (Å²) >= 11 is 0. The van der Waals surface area contributed by atoms with Gasteiger partial charge in [-0.15, -0.1) is 0 Å². The standard InChI is InChI=1S/C17H18O5S/c1-4-21-17(18)14-6-5-7-15(11-14)23(19,20)22-16-10-12(2)8-9-13(16)3/h5-11H,4H2,1-3H3. The van der Waals surface area contributed by atoms with E-state index < -0.39 is 16.1 Å². The van der Waals surface area contributed by atoms with Crippen molar-refractivity contribution < 1.29 is 22.1 Å². The van der Waals surface area contributed by atoms with Crippen LogP contribution in [0.1, 0.15) is 28.4 Å². The van der Waals surface area contributed by atoms with Crippen LogP contribution < -0.4 is 4.18 Å². The first-order valence-corrected chi connectivity index (χ1v) is 8.53. The molecule has 6 heteroatoms. The lowest BCUT2D eigenvalue weighted by atomic mass is 10.1. The Morgan fingerprint density at radius 1 is 1.09 bits per heavy atom. The Morgan fingerprint density at radius 3 is 2.52 bits per heavy atom. The normalized spacial score (nSPS) is 11.1. The van der Waals surface area contributed by atoms with E-state index in [0.717, 1.165) is 5.56 Å². The number of carbonyl (C=O) groups excluding carboxylic acids is 1. The summed E-state index contributed by atoms with van der Waals surface area (Å²) in [5.74, 6) is -0.303. The molecule has 2 rings (SSSR count). The first-order valence-electron chi connectivity index (χ1n) is 7.12. The zero-order valence-corrected chi connectivity index (χ0v) is 14.0. The summed E-state index contributed by atoms with van der Waals surface area (Å²) in [7, 11) is -4.03. The van der Waals surface area contributed by atoms with Crippen molar-refractivity contribution in [3.63, 3.8) is 0 Å². The third-order valence-electron chi connectivity index (χ3n) is 3.18. The molecule has 0 N–H and O–H groups in total. The van der Waals surface area contributed by atoms with Crippen molar-refractivity contribution in [3.8, 4) is 5.75 Å². The third-order valence-corrected chi connectivity index (χ3v) is 4.41. The van der Waals surface area contributed by atoms with Crippen molar-refractivity contribution in [1.29, 1.82) is 0 Å². The average molecular weight is 334 g/mol. The Labute approximate surface area is 136 Å². The fourth-order valence-electron chi connectivity index (χ4n) is 1.96. The summed E-state index contributed by atoms with van der Waals surface area (Å²) in [4.78, 5) is 11.6. The molecule has 0 atom stereocenters. The van der Waals surface area contributed by atoms with Crippen LogP contribution in [0.25, 0.3) is 0 Å². The van der Waals surface area contributed by atoms with Gasteiger partial charge in [0.1, 0.15) is 10.6 Å². The summed E-state index contributed by atoms with van der Waals surface area (Å²) in [5, 5.41) is 0. The summed E-state index contributed by atoms with van der Waals surface area (Å²) in [6.07, 6.45) is 0. The Bertz CT molecular complexity index is 825. The highest BCUT2D eigenvalue weighted by Crippen LogP contribution is 2.24. The molecule has 0 bridgehead atoms. The minimum absolute atomic E-state index is 0.0936. The van der Waals surface area contributed by atoms with Crippen LogP contribution in [0, 0.1) is 13.8 Å². The number of carbonyl (C=O) groups is 1. The number of hydrogen-bond acceptors (Lipinski definition) is 5. The molecule has 0 aliphatic carbocycles. The lowest BCUT2D eigenvalue weighted by Gasteiger charge is -2.11. The molecule has 0 aliphatic heterocycles. The summed E-state index contributed by atoms with van der Waals surface area (Å²) in [5.41, 5.74) is 1.76. The monoisotopic (exact) mass is 334 g/mol. The molecular weight excluding hydrogens is 316 g/mol. The van der Waals surface area contributed by atoms with Gasteiger partial charge in [0.05, 0.1) is 12.2 Å². The van der Waals surface area contributed by atoms with Gasteiger partial charge < -0.3 is 8.92 Å². The van der Waals surface area contributed by atoms with Crippen LogP contribution in [0.4, 0.5) is 0 Å². The molecule has 0 heterocycles. The number of esters is 1. The van der Waals surface area contributed by atoms with Gasteiger partial charge in [0.15, 0.2) is 0 Å². The second-order valence-electron chi connectivity index (χ2n) is 5.05. The Balaban J connectivity index is 2.34. The molecule has 23 heavy (non-hydrogen) atoms. The van der Waals surface area contributed by atoms with E-state index in [1.54, 1.807) is 26.0 Å². The molecule has 0 amide bonds. The van der Waals surface area contributed by atoms with Gasteiger partial charge in [-0.25, -0.2) is 4.79 Å². The number of rotatable bonds is 5. The van der Waals surface area contributed by atoms with Gasteiger partial charge in [-0.1, -0.05) is 18.2 Å². The molecule has 2 aromatic rings. The van der Waals surface area contributed by atoms with Crippen molar-refractivity contribution in [2.24, 2.45) is 0 Å². The van der Waals surface area contributed by atoms with Crippen LogP contribution in [0.15, 0.2) is 47.4 Å². The van der Waals surface area contributed by atoms with Crippen molar-refractivity contribution in [2.45, 2.75) is 25.7 Å². The quantitative estimate of drug-likeness (QED) is 0.620. The van der Waals surface area contributed by atoms with Crippen LogP contribution in [-0.4, -0.2) is 21.0 Å². The first-order chi connectivity index (χ1) is 10.8. The second-order valence-corrected chi connectivity index (χ2v) is 6.60. The highest BCUT2D eigenvalue weighted by atomic mass is 32.2. The summed E-state index contributed by atoms with van der Waals surface area (Å²) in [6.45, 7) is 5.51. The molecule has 5 nitrogen and oxygen atoms in total. The van der Waals surface area contributed by atoms with Gasteiger partial charge in [0.25, 0.3) is 0 Å².